The summed E-state index contributed by atoms with van der Waals surface area (Å²) in [4.78, 5) is 19.3. The predicted octanol–water partition coefficient (Wildman–Crippen LogP) is 3.64. The number of carbonyl (C=O) groups is 1. The van der Waals surface area contributed by atoms with E-state index in [9.17, 15) is 9.18 Å². The van der Waals surface area contributed by atoms with E-state index in [1.165, 1.54) is 12.1 Å². The fraction of sp³-hybridized carbons (Fsp3) is 0.105. The maximum atomic E-state index is 12.9. The molecule has 0 aliphatic heterocycles. The number of carbonyl (C=O) groups excluding carboxylic acids is 1. The smallest absolute Gasteiger partial charge is 0.310 e. The van der Waals surface area contributed by atoms with Crippen LogP contribution >= 0.6 is 0 Å². The first-order valence-corrected chi connectivity index (χ1v) is 7.98. The lowest BCUT2D eigenvalue weighted by Crippen LogP contribution is -2.07. The molecule has 2 aromatic heterocycles. The topological polar surface area (TPSA) is 81.0 Å². The van der Waals surface area contributed by atoms with Gasteiger partial charge in [0.25, 0.3) is 5.89 Å². The van der Waals surface area contributed by atoms with Crippen molar-refractivity contribution in [1.82, 2.24) is 15.1 Å². The maximum Gasteiger partial charge on any atom is 0.310 e. The van der Waals surface area contributed by atoms with Crippen molar-refractivity contribution < 1.29 is 18.4 Å². The van der Waals surface area contributed by atoms with Crippen molar-refractivity contribution in [3.8, 4) is 11.4 Å². The van der Waals surface area contributed by atoms with Gasteiger partial charge in [-0.2, -0.15) is 4.98 Å². The predicted molar refractivity (Wildman–Crippen MR) is 91.5 cm³/mol. The van der Waals surface area contributed by atoms with Gasteiger partial charge in [-0.15, -0.1) is 0 Å². The number of aromatic amines is 1. The lowest BCUT2D eigenvalue weighted by molar-refractivity contribution is -0.144. The van der Waals surface area contributed by atoms with Crippen LogP contribution in [-0.4, -0.2) is 21.1 Å². The first-order chi connectivity index (χ1) is 12.7. The van der Waals surface area contributed by atoms with E-state index >= 15 is 0 Å². The molecule has 0 saturated carbocycles. The summed E-state index contributed by atoms with van der Waals surface area (Å²) in [7, 11) is 0. The SMILES string of the molecule is O=C(Cc1c[nH]c2ccccc12)OCc1nc(-c2ccc(F)cc2)no1. The monoisotopic (exact) mass is 351 g/mol. The van der Waals surface area contributed by atoms with E-state index < -0.39 is 5.97 Å². The van der Waals surface area contributed by atoms with Crippen LogP contribution in [0.25, 0.3) is 22.3 Å². The Morgan fingerprint density at radius 2 is 1.96 bits per heavy atom. The molecule has 0 bridgehead atoms. The van der Waals surface area contributed by atoms with Crippen molar-refractivity contribution >= 4 is 16.9 Å². The van der Waals surface area contributed by atoms with Crippen LogP contribution in [0.1, 0.15) is 11.5 Å². The number of aromatic nitrogens is 3. The number of benzene rings is 2. The summed E-state index contributed by atoms with van der Waals surface area (Å²) in [6.07, 6.45) is 1.94. The Hall–Kier alpha value is -3.48. The average Bonchev–Trinajstić information content (AvgIpc) is 3.28. The van der Waals surface area contributed by atoms with E-state index in [1.807, 2.05) is 24.3 Å². The highest BCUT2D eigenvalue weighted by atomic mass is 19.1. The zero-order chi connectivity index (χ0) is 17.9. The first kappa shape index (κ1) is 16.0. The van der Waals surface area contributed by atoms with Gasteiger partial charge >= 0.3 is 5.97 Å². The number of H-pyrrole nitrogens is 1. The van der Waals surface area contributed by atoms with E-state index in [4.69, 9.17) is 9.26 Å². The van der Waals surface area contributed by atoms with Gasteiger partial charge < -0.3 is 14.2 Å². The molecule has 0 fully saturated rings. The molecule has 4 rings (SSSR count). The van der Waals surface area contributed by atoms with Crippen molar-refractivity contribution in [2.75, 3.05) is 0 Å². The highest BCUT2D eigenvalue weighted by molar-refractivity contribution is 5.87. The lowest BCUT2D eigenvalue weighted by atomic mass is 10.1. The third-order valence-electron chi connectivity index (χ3n) is 3.94. The summed E-state index contributed by atoms with van der Waals surface area (Å²) in [5.41, 5.74) is 2.45. The molecule has 2 aromatic carbocycles. The average molecular weight is 351 g/mol. The zero-order valence-corrected chi connectivity index (χ0v) is 13.6. The Bertz CT molecular complexity index is 1050. The van der Waals surface area contributed by atoms with Crippen molar-refractivity contribution in [2.24, 2.45) is 0 Å². The highest BCUT2D eigenvalue weighted by Gasteiger charge is 2.13. The lowest BCUT2D eigenvalue weighted by Gasteiger charge is -2.01. The molecule has 0 aliphatic rings. The van der Waals surface area contributed by atoms with Crippen LogP contribution in [0, 0.1) is 5.82 Å². The van der Waals surface area contributed by atoms with Crippen LogP contribution in [0.4, 0.5) is 4.39 Å². The Kier molecular flexibility index (Phi) is 4.18. The molecule has 130 valence electrons. The largest absolute Gasteiger partial charge is 0.455 e. The van der Waals surface area contributed by atoms with Crippen LogP contribution in [0.2, 0.25) is 0 Å². The summed E-state index contributed by atoms with van der Waals surface area (Å²) in [6, 6.07) is 13.5. The van der Waals surface area contributed by atoms with Crippen molar-refractivity contribution in [3.63, 3.8) is 0 Å². The molecule has 0 atom stereocenters. The molecule has 0 saturated heterocycles. The van der Waals surface area contributed by atoms with Crippen molar-refractivity contribution in [1.29, 1.82) is 0 Å². The number of hydrogen-bond donors (Lipinski definition) is 1. The standard InChI is InChI=1S/C19H14FN3O3/c20-14-7-5-12(6-8-14)19-22-17(26-23-19)11-25-18(24)9-13-10-21-16-4-2-1-3-15(13)16/h1-8,10,21H,9,11H2. The molecule has 4 aromatic rings. The summed E-state index contributed by atoms with van der Waals surface area (Å²) < 4.78 is 23.2. The second-order valence-corrected chi connectivity index (χ2v) is 5.72. The summed E-state index contributed by atoms with van der Waals surface area (Å²) >= 11 is 0. The summed E-state index contributed by atoms with van der Waals surface area (Å²) in [5, 5.41) is 4.79. The molecule has 1 N–H and O–H groups in total. The van der Waals surface area contributed by atoms with E-state index in [0.29, 0.717) is 11.4 Å². The summed E-state index contributed by atoms with van der Waals surface area (Å²) in [5.74, 6) is -0.246. The Balaban J connectivity index is 1.38. The van der Waals surface area contributed by atoms with Crippen LogP contribution in [0.5, 0.6) is 0 Å². The quantitative estimate of drug-likeness (QED) is 0.555. The maximum absolute atomic E-state index is 12.9. The van der Waals surface area contributed by atoms with Crippen LogP contribution in [0.3, 0.4) is 0 Å². The second kappa shape index (κ2) is 6.79. The van der Waals surface area contributed by atoms with Crippen LogP contribution in [0.15, 0.2) is 59.3 Å². The molecule has 26 heavy (non-hydrogen) atoms. The van der Waals surface area contributed by atoms with E-state index in [-0.39, 0.29) is 24.7 Å². The van der Waals surface area contributed by atoms with Gasteiger partial charge in [0.15, 0.2) is 6.61 Å². The van der Waals surface area contributed by atoms with E-state index in [1.54, 1.807) is 18.3 Å². The second-order valence-electron chi connectivity index (χ2n) is 5.72. The fourth-order valence-electron chi connectivity index (χ4n) is 2.66. The number of nitrogens with zero attached hydrogens (tertiary/aromatic N) is 2. The number of halogens is 1. The van der Waals surface area contributed by atoms with Gasteiger partial charge in [0.1, 0.15) is 5.82 Å². The van der Waals surface area contributed by atoms with Gasteiger partial charge in [-0.05, 0) is 35.9 Å². The van der Waals surface area contributed by atoms with Gasteiger partial charge in [0.05, 0.1) is 6.42 Å². The number of nitrogens with one attached hydrogen (secondary N) is 1. The minimum Gasteiger partial charge on any atom is -0.455 e. The number of hydrogen-bond acceptors (Lipinski definition) is 5. The Morgan fingerprint density at radius 3 is 2.81 bits per heavy atom. The first-order valence-electron chi connectivity index (χ1n) is 7.98. The number of para-hydroxylation sites is 1. The number of rotatable bonds is 5. The van der Waals surface area contributed by atoms with Gasteiger partial charge in [0, 0.05) is 22.7 Å². The molecule has 0 amide bonds. The van der Waals surface area contributed by atoms with Crippen LogP contribution < -0.4 is 0 Å². The normalized spacial score (nSPS) is 11.0. The Labute approximate surface area is 147 Å². The molecular formula is C19H14FN3O3. The molecule has 2 heterocycles. The third kappa shape index (κ3) is 3.32. The fourth-order valence-corrected chi connectivity index (χ4v) is 2.66. The molecular weight excluding hydrogens is 337 g/mol. The van der Waals surface area contributed by atoms with Gasteiger partial charge in [-0.1, -0.05) is 23.4 Å². The molecule has 0 unspecified atom stereocenters. The van der Waals surface area contributed by atoms with Crippen molar-refractivity contribution in [3.05, 3.63) is 72.0 Å². The third-order valence-corrected chi connectivity index (χ3v) is 3.94. The highest BCUT2D eigenvalue weighted by Crippen LogP contribution is 2.19. The van der Waals surface area contributed by atoms with Gasteiger partial charge in [0.2, 0.25) is 5.82 Å². The minimum absolute atomic E-state index is 0.116. The van der Waals surface area contributed by atoms with E-state index in [0.717, 1.165) is 16.5 Å². The van der Waals surface area contributed by atoms with Gasteiger partial charge in [-0.3, -0.25) is 4.79 Å². The van der Waals surface area contributed by atoms with Crippen LogP contribution in [-0.2, 0) is 22.6 Å². The summed E-state index contributed by atoms with van der Waals surface area (Å²) in [6.45, 7) is -0.116. The zero-order valence-electron chi connectivity index (χ0n) is 13.6. The van der Waals surface area contributed by atoms with E-state index in [2.05, 4.69) is 15.1 Å². The van der Waals surface area contributed by atoms with Gasteiger partial charge in [-0.25, -0.2) is 4.39 Å². The Morgan fingerprint density at radius 1 is 1.15 bits per heavy atom. The molecule has 6 nitrogen and oxygen atoms in total. The molecule has 0 spiro atoms. The number of ether oxygens (including phenoxy) is 1. The van der Waals surface area contributed by atoms with Crippen molar-refractivity contribution in [2.45, 2.75) is 13.0 Å². The molecule has 0 aliphatic carbocycles. The number of fused-ring (bicyclic) bond motifs is 1. The molecule has 7 heteroatoms. The minimum atomic E-state index is -0.392. The number of esters is 1. The molecule has 0 radical (unpaired) electrons.